The maximum Gasteiger partial charge on any atom is 0.435 e. The van der Waals surface area contributed by atoms with Crippen molar-refractivity contribution in [1.82, 2.24) is 29.3 Å². The normalized spacial score (nSPS) is 12.2. The summed E-state index contributed by atoms with van der Waals surface area (Å²) in [7, 11) is 3.38. The smallest absolute Gasteiger partial charge is 0.383 e. The number of fused-ring (bicyclic) bond motifs is 1. The highest BCUT2D eigenvalue weighted by molar-refractivity contribution is 5.88. The number of anilines is 1. The van der Waals surface area contributed by atoms with E-state index >= 15 is 0 Å². The first-order chi connectivity index (χ1) is 12.3. The lowest BCUT2D eigenvalue weighted by atomic mass is 10.0. The molecule has 0 aliphatic heterocycles. The Morgan fingerprint density at radius 1 is 1.08 bits per heavy atom. The number of hydrogen-bond donors (Lipinski definition) is 1. The van der Waals surface area contributed by atoms with Crippen molar-refractivity contribution in [3.05, 3.63) is 42.4 Å². The number of hydrogen-bond acceptors (Lipinski definition) is 4. The molecule has 0 radical (unpaired) electrons. The molecule has 2 N–H and O–H groups in total. The topological polar surface area (TPSA) is 79.5 Å². The molecule has 134 valence electrons. The number of benzene rings is 1. The number of aromatic nitrogens is 6. The van der Waals surface area contributed by atoms with Crippen LogP contribution in [-0.4, -0.2) is 29.3 Å². The van der Waals surface area contributed by atoms with Gasteiger partial charge in [0.25, 0.3) is 0 Å². The van der Waals surface area contributed by atoms with Gasteiger partial charge >= 0.3 is 6.18 Å². The van der Waals surface area contributed by atoms with Gasteiger partial charge in [-0.3, -0.25) is 9.36 Å². The van der Waals surface area contributed by atoms with Gasteiger partial charge in [-0.2, -0.15) is 33.1 Å². The van der Waals surface area contributed by atoms with Crippen molar-refractivity contribution < 1.29 is 13.2 Å². The fourth-order valence-electron chi connectivity index (χ4n) is 2.90. The van der Waals surface area contributed by atoms with Crippen LogP contribution in [0.4, 0.5) is 19.0 Å². The van der Waals surface area contributed by atoms with E-state index in [9.17, 15) is 13.2 Å². The van der Waals surface area contributed by atoms with Crippen LogP contribution in [0.3, 0.4) is 0 Å². The average Bonchev–Trinajstić information content (AvgIpc) is 3.25. The molecule has 0 aliphatic carbocycles. The Hall–Kier alpha value is -3.30. The van der Waals surface area contributed by atoms with E-state index < -0.39 is 11.9 Å². The molecule has 0 bridgehead atoms. The van der Waals surface area contributed by atoms with E-state index in [1.165, 1.54) is 10.7 Å². The highest BCUT2D eigenvalue weighted by atomic mass is 19.4. The van der Waals surface area contributed by atoms with Crippen molar-refractivity contribution in [1.29, 1.82) is 0 Å². The third kappa shape index (κ3) is 2.41. The number of halogens is 3. The molecule has 0 amide bonds. The molecule has 0 spiro atoms. The molecular formula is C16H14F3N7. The second kappa shape index (κ2) is 5.35. The molecule has 3 aromatic heterocycles. The van der Waals surface area contributed by atoms with Crippen LogP contribution >= 0.6 is 0 Å². The van der Waals surface area contributed by atoms with Crippen LogP contribution in [-0.2, 0) is 20.3 Å². The summed E-state index contributed by atoms with van der Waals surface area (Å²) in [5.41, 5.74) is 5.84. The Balaban J connectivity index is 1.99. The van der Waals surface area contributed by atoms with Crippen LogP contribution < -0.4 is 5.73 Å². The molecule has 3 heterocycles. The fraction of sp³-hybridized carbons (Fsp3) is 0.188. The lowest BCUT2D eigenvalue weighted by Crippen LogP contribution is -2.09. The second-order valence-corrected chi connectivity index (χ2v) is 5.91. The van der Waals surface area contributed by atoms with Gasteiger partial charge in [-0.25, -0.2) is 0 Å². The SMILES string of the molecule is Cn1ccc(-n2nc(C(F)(F)F)c(-c3ccc4cnn(C)c4c3)c2N)n1. The van der Waals surface area contributed by atoms with E-state index in [0.717, 1.165) is 10.1 Å². The van der Waals surface area contributed by atoms with Crippen molar-refractivity contribution in [3.8, 4) is 16.9 Å². The van der Waals surface area contributed by atoms with Gasteiger partial charge < -0.3 is 5.73 Å². The fourth-order valence-corrected chi connectivity index (χ4v) is 2.90. The standard InChI is InChI=1S/C16H14F3N7/c1-24-6-5-12(22-24)26-15(20)13(14(23-26)16(17,18)19)9-3-4-10-8-21-25(2)11(10)7-9/h3-8H,20H2,1-2H3. The summed E-state index contributed by atoms with van der Waals surface area (Å²) in [6.07, 6.45) is -1.42. The van der Waals surface area contributed by atoms with Crippen molar-refractivity contribution in [3.63, 3.8) is 0 Å². The van der Waals surface area contributed by atoms with Crippen molar-refractivity contribution >= 4 is 16.7 Å². The Bertz CT molecular complexity index is 1120. The Kier molecular flexibility index (Phi) is 3.33. The zero-order valence-electron chi connectivity index (χ0n) is 13.9. The number of nitrogen functional groups attached to an aromatic ring is 1. The van der Waals surface area contributed by atoms with E-state index in [2.05, 4.69) is 15.3 Å². The minimum atomic E-state index is -4.66. The quantitative estimate of drug-likeness (QED) is 0.595. The molecule has 0 atom stereocenters. The van der Waals surface area contributed by atoms with Crippen LogP contribution in [0.1, 0.15) is 5.69 Å². The van der Waals surface area contributed by atoms with E-state index in [4.69, 9.17) is 5.73 Å². The molecule has 0 saturated carbocycles. The number of nitrogens with zero attached hydrogens (tertiary/aromatic N) is 6. The van der Waals surface area contributed by atoms with Gasteiger partial charge in [-0.05, 0) is 11.6 Å². The summed E-state index contributed by atoms with van der Waals surface area (Å²) < 4.78 is 44.9. The Morgan fingerprint density at radius 3 is 2.50 bits per heavy atom. The lowest BCUT2D eigenvalue weighted by molar-refractivity contribution is -0.140. The largest absolute Gasteiger partial charge is 0.435 e. The maximum atomic E-state index is 13.6. The van der Waals surface area contributed by atoms with Crippen molar-refractivity contribution in [2.75, 3.05) is 5.73 Å². The summed E-state index contributed by atoms with van der Waals surface area (Å²) in [5.74, 6) is 0.0842. The van der Waals surface area contributed by atoms with Gasteiger partial charge in [0.2, 0.25) is 0 Å². The summed E-state index contributed by atoms with van der Waals surface area (Å²) in [6.45, 7) is 0. The molecule has 1 aromatic carbocycles. The molecule has 4 aromatic rings. The minimum absolute atomic E-state index is 0.127. The highest BCUT2D eigenvalue weighted by Gasteiger charge is 2.40. The number of alkyl halides is 3. The number of aryl methyl sites for hydroxylation is 2. The summed E-state index contributed by atoms with van der Waals surface area (Å²) in [5, 5.41) is 12.7. The molecule has 7 nitrogen and oxygen atoms in total. The monoisotopic (exact) mass is 361 g/mol. The molecule has 10 heteroatoms. The molecule has 26 heavy (non-hydrogen) atoms. The highest BCUT2D eigenvalue weighted by Crippen LogP contribution is 2.41. The first-order valence-corrected chi connectivity index (χ1v) is 7.63. The van der Waals surface area contributed by atoms with Gasteiger partial charge in [0.1, 0.15) is 5.82 Å². The van der Waals surface area contributed by atoms with Crippen molar-refractivity contribution in [2.45, 2.75) is 6.18 Å². The van der Waals surface area contributed by atoms with E-state index in [0.29, 0.717) is 11.1 Å². The number of nitrogens with two attached hydrogens (primary N) is 1. The van der Waals surface area contributed by atoms with Gasteiger partial charge in [0.15, 0.2) is 11.5 Å². The first-order valence-electron chi connectivity index (χ1n) is 7.63. The predicted molar refractivity (Wildman–Crippen MR) is 89.5 cm³/mol. The van der Waals surface area contributed by atoms with Crippen molar-refractivity contribution in [2.24, 2.45) is 14.1 Å². The molecular weight excluding hydrogens is 347 g/mol. The molecule has 0 saturated heterocycles. The predicted octanol–water partition coefficient (Wildman–Crippen LogP) is 2.76. The van der Waals surface area contributed by atoms with Gasteiger partial charge in [0.05, 0.1) is 17.3 Å². The van der Waals surface area contributed by atoms with E-state index in [-0.39, 0.29) is 17.2 Å². The third-order valence-electron chi connectivity index (χ3n) is 4.14. The lowest BCUT2D eigenvalue weighted by Gasteiger charge is -2.07. The van der Waals surface area contributed by atoms with E-state index in [1.807, 2.05) is 0 Å². The van der Waals surface area contributed by atoms with E-state index in [1.54, 1.807) is 49.4 Å². The summed E-state index contributed by atoms with van der Waals surface area (Å²) in [6, 6.07) is 6.44. The Labute approximate surface area is 145 Å². The minimum Gasteiger partial charge on any atom is -0.383 e. The summed E-state index contributed by atoms with van der Waals surface area (Å²) in [4.78, 5) is 0. The second-order valence-electron chi connectivity index (χ2n) is 5.91. The van der Waals surface area contributed by atoms with Gasteiger partial charge in [-0.1, -0.05) is 12.1 Å². The summed E-state index contributed by atoms with van der Waals surface area (Å²) >= 11 is 0. The van der Waals surface area contributed by atoms with Crippen LogP contribution in [0.2, 0.25) is 0 Å². The van der Waals surface area contributed by atoms with Crippen LogP contribution in [0.15, 0.2) is 36.7 Å². The molecule has 0 unspecified atom stereocenters. The molecule has 0 fully saturated rings. The molecule has 4 rings (SSSR count). The van der Waals surface area contributed by atoms with Gasteiger partial charge in [0, 0.05) is 31.7 Å². The van der Waals surface area contributed by atoms with Gasteiger partial charge in [-0.15, -0.1) is 0 Å². The van der Waals surface area contributed by atoms with Crippen LogP contribution in [0.25, 0.3) is 27.8 Å². The average molecular weight is 361 g/mol. The zero-order valence-corrected chi connectivity index (χ0v) is 13.9. The maximum absolute atomic E-state index is 13.6. The Morgan fingerprint density at radius 2 is 1.85 bits per heavy atom. The third-order valence-corrected chi connectivity index (χ3v) is 4.14. The van der Waals surface area contributed by atoms with Crippen LogP contribution in [0, 0.1) is 0 Å². The molecule has 0 aliphatic rings. The first kappa shape index (κ1) is 16.2. The zero-order chi connectivity index (χ0) is 18.6. The van der Waals surface area contributed by atoms with Crippen LogP contribution in [0.5, 0.6) is 0 Å². The number of rotatable bonds is 2.